The molecule has 36 atom stereocenters. The predicted molar refractivity (Wildman–Crippen MR) is 416 cm³/mol. The Labute approximate surface area is 715 Å². The van der Waals surface area contributed by atoms with Crippen LogP contribution in [0.3, 0.4) is 0 Å². The van der Waals surface area contributed by atoms with Crippen molar-refractivity contribution >= 4 is 23.8 Å². The largest absolute Gasteiger partial charge is 0.462 e. The number of nitrogens with one attached hydrogen (secondary N) is 1. The summed E-state index contributed by atoms with van der Waals surface area (Å²) in [5.74, 6) is -3.05. The van der Waals surface area contributed by atoms with Crippen molar-refractivity contribution in [2.45, 2.75) is 428 Å². The molecule has 42 heteroatoms. The molecular formula is C81H141NO41. The van der Waals surface area contributed by atoms with Crippen molar-refractivity contribution in [2.75, 3.05) is 59.4 Å². The van der Waals surface area contributed by atoms with E-state index in [1.165, 1.54) is 96.3 Å². The van der Waals surface area contributed by atoms with Crippen molar-refractivity contribution in [1.82, 2.24) is 5.32 Å². The fourth-order valence-electron chi connectivity index (χ4n) is 16.4. The molecule has 0 saturated carbocycles. The lowest BCUT2D eigenvalue weighted by Crippen LogP contribution is -2.68. The highest BCUT2D eigenvalue weighted by Crippen LogP contribution is 2.40. The summed E-state index contributed by atoms with van der Waals surface area (Å²) in [6.07, 6.45) is -47.2. The van der Waals surface area contributed by atoms with E-state index >= 15 is 0 Å². The first-order chi connectivity index (χ1) is 59.2. The molecule has 0 spiro atoms. The van der Waals surface area contributed by atoms with Crippen molar-refractivity contribution in [3.8, 4) is 0 Å². The van der Waals surface area contributed by atoms with E-state index in [4.69, 9.17) is 80.5 Å². The van der Waals surface area contributed by atoms with Crippen LogP contribution in [0.4, 0.5) is 0 Å². The summed E-state index contributed by atoms with van der Waals surface area (Å²) in [5, 5.41) is 229. The van der Waals surface area contributed by atoms with E-state index in [-0.39, 0.29) is 12.8 Å². The van der Waals surface area contributed by atoms with Gasteiger partial charge in [-0.3, -0.25) is 19.2 Å². The van der Waals surface area contributed by atoms with Gasteiger partial charge in [-0.1, -0.05) is 168 Å². The lowest BCUT2D eigenvalue weighted by atomic mass is 9.95. The van der Waals surface area contributed by atoms with E-state index in [0.717, 1.165) is 57.8 Å². The lowest BCUT2D eigenvalue weighted by molar-refractivity contribution is -0.396. The van der Waals surface area contributed by atoms with Crippen LogP contribution in [0.1, 0.15) is 206 Å². The van der Waals surface area contributed by atoms with Gasteiger partial charge in [0.2, 0.25) is 5.91 Å². The van der Waals surface area contributed by atoms with Gasteiger partial charge < -0.3 is 188 Å². The van der Waals surface area contributed by atoms with Gasteiger partial charge in [-0.2, -0.15) is 0 Å². The van der Waals surface area contributed by atoms with Crippen LogP contribution in [0.2, 0.25) is 0 Å². The first kappa shape index (κ1) is 105. The number of ether oxygens (including phenoxy) is 17. The number of unbranched alkanes of at least 4 members (excludes halogenated alkanes) is 24. The molecule has 1 amide bonds. The quantitative estimate of drug-likeness (QED) is 0.0156. The number of esters is 3. The zero-order chi connectivity index (χ0) is 89.4. The van der Waals surface area contributed by atoms with Crippen molar-refractivity contribution in [1.29, 1.82) is 0 Å². The zero-order valence-electron chi connectivity index (χ0n) is 70.4. The molecule has 0 aromatic rings. The minimum Gasteiger partial charge on any atom is -0.462 e. The molecule has 0 aromatic carbocycles. The van der Waals surface area contributed by atoms with E-state index in [1.807, 2.05) is 0 Å². The van der Waals surface area contributed by atoms with Gasteiger partial charge in [0.15, 0.2) is 50.1 Å². The van der Waals surface area contributed by atoms with Crippen molar-refractivity contribution in [3.63, 3.8) is 0 Å². The summed E-state index contributed by atoms with van der Waals surface area (Å²) in [6, 6.07) is 0. The maximum atomic E-state index is 13.8. The van der Waals surface area contributed by atoms with Crippen LogP contribution in [0, 0.1) is 0 Å². The molecule has 21 N–H and O–H groups in total. The van der Waals surface area contributed by atoms with Crippen molar-refractivity contribution < 1.29 is 202 Å². The molecule has 0 radical (unpaired) electrons. The second-order valence-corrected chi connectivity index (χ2v) is 33.2. The summed E-state index contributed by atoms with van der Waals surface area (Å²) in [4.78, 5) is 53.6. The molecule has 0 aliphatic carbocycles. The highest BCUT2D eigenvalue weighted by molar-refractivity contribution is 5.81. The Kier molecular flexibility index (Phi) is 46.4. The average Bonchev–Trinajstić information content (AvgIpc) is 0.788. The normalized spacial score (nSPS) is 39.2. The van der Waals surface area contributed by atoms with Gasteiger partial charge in [-0.15, -0.1) is 0 Å². The highest BCUT2D eigenvalue weighted by atomic mass is 16.8. The maximum Gasteiger partial charge on any atom is 0.306 e. The van der Waals surface area contributed by atoms with E-state index in [1.54, 1.807) is 0 Å². The van der Waals surface area contributed by atoms with E-state index in [0.29, 0.717) is 12.8 Å². The predicted octanol–water partition coefficient (Wildman–Crippen LogP) is -4.37. The van der Waals surface area contributed by atoms with Crippen molar-refractivity contribution in [2.24, 2.45) is 0 Å². The highest BCUT2D eigenvalue weighted by Gasteiger charge is 2.60. The fourth-order valence-corrected chi connectivity index (χ4v) is 16.4. The Morgan fingerprint density at radius 3 is 0.691 bits per heavy atom. The van der Waals surface area contributed by atoms with Crippen LogP contribution >= 0.6 is 0 Å². The summed E-state index contributed by atoms with van der Waals surface area (Å²) in [6.45, 7) is -4.04. The Bertz CT molecular complexity index is 2950. The number of hydrogen-bond donors (Lipinski definition) is 21. The van der Waals surface area contributed by atoms with Crippen LogP contribution in [0.5, 0.6) is 0 Å². The second-order valence-electron chi connectivity index (χ2n) is 33.2. The molecule has 716 valence electrons. The third-order valence-electron chi connectivity index (χ3n) is 23.8. The SMILES string of the molecule is CCCCCCCCCCCCCCCC(=O)OCC(COC(=O)CCC(=O)NC[C@H]1O[C@@H]2O[C@H]3[C@H](O)[C@@H](O)[C@@H](O[C@H]4[C@H](O)[C@@H](O)[C@@H](O[C@H]5[C@H](O)[C@@H](O)[C@@H](O[C@H]6[C@H](O)[C@@H](O)[C@@H](O[C@H]7[C@H](O)[C@@H](O)[C@@H](O[C@H]8[C@H](O)[C@@H](O)[C@@H](O[C@H]1[C@H](O)[C@H]2O)O[C@@H]8CO)O[C@@H]7CO)O[C@@H]6CO)O[C@@H]5CO)O[C@@H]4CO)O[C@@H]3CO)OC(=O)CCCCCCCCCCCCCCC. The van der Waals surface area contributed by atoms with E-state index in [9.17, 15) is 121 Å². The monoisotopic (exact) mass is 1780 g/mol. The Hall–Kier alpha value is -3.48. The van der Waals surface area contributed by atoms with Crippen LogP contribution in [0.25, 0.3) is 0 Å². The van der Waals surface area contributed by atoms with Crippen LogP contribution in [-0.2, 0) is 99.7 Å². The maximum absolute atomic E-state index is 13.8. The minimum absolute atomic E-state index is 0.0486. The third-order valence-corrected chi connectivity index (χ3v) is 23.8. The Morgan fingerprint density at radius 2 is 0.455 bits per heavy atom. The third kappa shape index (κ3) is 30.3. The van der Waals surface area contributed by atoms with Gasteiger partial charge >= 0.3 is 17.9 Å². The smallest absolute Gasteiger partial charge is 0.306 e. The van der Waals surface area contributed by atoms with Crippen molar-refractivity contribution in [3.05, 3.63) is 0 Å². The zero-order valence-corrected chi connectivity index (χ0v) is 70.4. The van der Waals surface area contributed by atoms with Gasteiger partial charge in [0.05, 0.1) is 46.1 Å². The fraction of sp³-hybridized carbons (Fsp3) is 0.951. The minimum atomic E-state index is -2.36. The average molecular weight is 1780 g/mol. The second kappa shape index (κ2) is 54.4. The Balaban J connectivity index is 0.961. The summed E-state index contributed by atoms with van der Waals surface area (Å²) in [7, 11) is 0. The number of carbonyl (C=O) groups excluding carboxylic acids is 4. The number of carbonyl (C=O) groups is 4. The lowest BCUT2D eigenvalue weighted by Gasteiger charge is -2.50. The summed E-state index contributed by atoms with van der Waals surface area (Å²) < 4.78 is 98.5. The molecule has 0 aromatic heterocycles. The molecular weight excluding hydrogens is 1640 g/mol. The van der Waals surface area contributed by atoms with Gasteiger partial charge in [0.25, 0.3) is 0 Å². The molecule has 14 bridgehead atoms. The summed E-state index contributed by atoms with van der Waals surface area (Å²) in [5.41, 5.74) is 0. The molecule has 21 aliphatic rings. The summed E-state index contributed by atoms with van der Waals surface area (Å²) >= 11 is 0. The number of aliphatic hydroxyl groups excluding tert-OH is 20. The standard InChI is InChI=1S/C81H141NO41/c1-3-5-7-9-11-13-15-17-19-21-23-25-27-29-51(90)107-40-42(109-53(92)30-28-26-24-22-20-18-16-14-12-10-8-6-4-2)41-108-52(91)32-31-50(89)82-33-43-68-54(93)61(100)75(110-43)118-69-44(34-83)112-77(63(102)56(69)95)120-71-46(36-85)114-79(65(104)58(71)97)122-73-48(38-87)116-81(67(106)60(73)99)123-74-49(39-88)115-80(66(105)59(74)98)121-72-47(37-86)113-78(64(103)57(72)96)119-70-45(35-84)111-76(117-68)62(101)55(70)94/h42-49,54-81,83-88,93-106H,3-41H2,1-2H3,(H,82,89)/t42?,43-,44-,45-,46-,47-,48-,49-,54-,55-,56-,57-,58-,59-,60-,61-,62-,63-,64-,65-,66-,67-,68-,69-,70-,71-,72-,73-,74-,75-,76-,77-,78-,79-,80-,81-/m1/s1. The van der Waals surface area contributed by atoms with Gasteiger partial charge in [0, 0.05) is 25.8 Å². The molecule has 21 aliphatic heterocycles. The van der Waals surface area contributed by atoms with Crippen LogP contribution in [-0.4, -0.2) is 406 Å². The van der Waals surface area contributed by atoms with Gasteiger partial charge in [-0.25, -0.2) is 0 Å². The van der Waals surface area contributed by atoms with Crippen LogP contribution < -0.4 is 5.32 Å². The van der Waals surface area contributed by atoms with Crippen LogP contribution in [0.15, 0.2) is 0 Å². The number of rotatable bonds is 44. The van der Waals surface area contributed by atoms with Gasteiger partial charge in [0.1, 0.15) is 184 Å². The number of amides is 1. The first-order valence-electron chi connectivity index (χ1n) is 44.3. The van der Waals surface area contributed by atoms with Gasteiger partial charge in [-0.05, 0) is 12.8 Å². The molecule has 21 fully saturated rings. The molecule has 21 saturated heterocycles. The topological polar surface area (TPSA) is 642 Å². The number of aliphatic hydroxyl groups is 20. The number of hydrogen-bond acceptors (Lipinski definition) is 41. The first-order valence-corrected chi connectivity index (χ1v) is 44.3. The molecule has 123 heavy (non-hydrogen) atoms. The molecule has 21 heterocycles. The molecule has 1 unspecified atom stereocenters. The van der Waals surface area contributed by atoms with E-state index in [2.05, 4.69) is 19.2 Å². The molecule has 21 rings (SSSR count). The Morgan fingerprint density at radius 1 is 0.252 bits per heavy atom. The van der Waals surface area contributed by atoms with E-state index < -0.39 is 317 Å². The molecule has 42 nitrogen and oxygen atoms in total.